The molecule has 5 atom stereocenters. The minimum Gasteiger partial charge on any atom is -0.462 e. The first-order valence-electron chi connectivity index (χ1n) is 43.4. The van der Waals surface area contributed by atoms with Crippen LogP contribution >= 0.6 is 15.6 Å². The van der Waals surface area contributed by atoms with Crippen molar-refractivity contribution in [2.24, 2.45) is 0 Å². The highest BCUT2D eigenvalue weighted by atomic mass is 31.2. The van der Waals surface area contributed by atoms with Gasteiger partial charge in [0.2, 0.25) is 0 Å². The molecular weight excluding hydrogens is 1450 g/mol. The SMILES string of the molecule is CC/C=C\C/C=C\C/C=C\C/C=C\C/C=C\CCCCCC(=O)OCC(COP(=O)(O)OCC(O)COP(=O)(O)OCC(COC(=O)CCCCCCCC/C=C\C/C=C\C/C=C\C/C=C\CC)OC(=O)CCCCCCCC/C=C\C/C=C\C/C=C\C/C=C\CC)OC(=O)CCCCCCC/C=C\CCCCCCCC. The topological polar surface area (TPSA) is 237 Å². The standard InChI is InChI=1S/C93H154O17P2/c1-5-9-13-17-21-25-29-33-37-40-43-46-50-53-57-61-65-69-73-77-90(95)103-83-88(109-92(97)79-75-71-67-63-59-55-49-36-32-28-24-20-16-12-8-4)85-107-111(99,100)105-81-87(94)82-106-112(101,102)108-86-89(110-93(98)80-76-72-68-64-60-56-52-48-45-42-39-35-31-27-23-19-15-11-7-3)84-104-91(96)78-74-70-66-62-58-54-51-47-44-41-38-34-30-26-22-18-14-10-6-2/h9-11,13-15,21-23,25-27,33-39,43-49,53,57,87-89,94H,5-8,12,16-20,24,28-32,40-42,50-52,54-56,58-86H2,1-4H3,(H,99,100)(H,101,102)/b13-9-,14-10-,15-11-,25-21-,26-22-,27-23-,37-33-,38-34-,39-35-,46-43-,47-44-,48-45-,49-36-,57-53-. The van der Waals surface area contributed by atoms with Crippen molar-refractivity contribution in [3.05, 3.63) is 170 Å². The summed E-state index contributed by atoms with van der Waals surface area (Å²) in [6, 6.07) is 0. The number of unbranched alkanes of at least 4 members (excludes halogenated alkanes) is 26. The summed E-state index contributed by atoms with van der Waals surface area (Å²) >= 11 is 0. The van der Waals surface area contributed by atoms with Gasteiger partial charge in [0.25, 0.3) is 0 Å². The van der Waals surface area contributed by atoms with Gasteiger partial charge in [-0.2, -0.15) is 0 Å². The highest BCUT2D eigenvalue weighted by molar-refractivity contribution is 7.47. The lowest BCUT2D eigenvalue weighted by Crippen LogP contribution is -2.30. The molecular formula is C93H154O17P2. The first kappa shape index (κ1) is 106. The van der Waals surface area contributed by atoms with Crippen LogP contribution in [0.3, 0.4) is 0 Å². The van der Waals surface area contributed by atoms with Crippen molar-refractivity contribution in [1.82, 2.24) is 0 Å². The summed E-state index contributed by atoms with van der Waals surface area (Å²) in [5.74, 6) is -2.25. The van der Waals surface area contributed by atoms with E-state index in [1.54, 1.807) is 0 Å². The molecule has 0 aliphatic carbocycles. The molecule has 0 spiro atoms. The first-order valence-corrected chi connectivity index (χ1v) is 46.4. The lowest BCUT2D eigenvalue weighted by Gasteiger charge is -2.21. The van der Waals surface area contributed by atoms with E-state index in [1.807, 2.05) is 0 Å². The molecule has 638 valence electrons. The molecule has 3 N–H and O–H groups in total. The fraction of sp³-hybridized carbons (Fsp3) is 0.656. The molecule has 0 aliphatic rings. The van der Waals surface area contributed by atoms with E-state index >= 15 is 0 Å². The van der Waals surface area contributed by atoms with Gasteiger partial charge in [-0.1, -0.05) is 307 Å². The van der Waals surface area contributed by atoms with Gasteiger partial charge >= 0.3 is 39.5 Å². The monoisotopic (exact) mass is 1610 g/mol. The van der Waals surface area contributed by atoms with Gasteiger partial charge < -0.3 is 33.8 Å². The minimum atomic E-state index is -5.00. The van der Waals surface area contributed by atoms with Gasteiger partial charge in [0.05, 0.1) is 26.4 Å². The van der Waals surface area contributed by atoms with Crippen LogP contribution < -0.4 is 0 Å². The molecule has 0 saturated heterocycles. The zero-order chi connectivity index (χ0) is 81.7. The van der Waals surface area contributed by atoms with E-state index in [4.69, 9.17) is 37.0 Å². The number of phosphoric ester groups is 2. The van der Waals surface area contributed by atoms with Gasteiger partial charge in [0, 0.05) is 25.7 Å². The van der Waals surface area contributed by atoms with Crippen LogP contribution in [0.5, 0.6) is 0 Å². The van der Waals surface area contributed by atoms with E-state index in [0.717, 1.165) is 218 Å². The third-order valence-electron chi connectivity index (χ3n) is 17.7. The molecule has 0 heterocycles. The number of allylic oxidation sites excluding steroid dienone is 28. The quantitative estimate of drug-likeness (QED) is 0.0169. The molecule has 5 unspecified atom stereocenters. The number of ether oxygens (including phenoxy) is 4. The van der Waals surface area contributed by atoms with Crippen molar-refractivity contribution < 1.29 is 80.2 Å². The van der Waals surface area contributed by atoms with E-state index in [2.05, 4.69) is 198 Å². The Kier molecular flexibility index (Phi) is 79.2. The van der Waals surface area contributed by atoms with E-state index in [0.29, 0.717) is 25.7 Å². The predicted octanol–water partition coefficient (Wildman–Crippen LogP) is 26.1. The van der Waals surface area contributed by atoms with Crippen molar-refractivity contribution in [2.45, 2.75) is 354 Å². The van der Waals surface area contributed by atoms with Gasteiger partial charge in [-0.15, -0.1) is 0 Å². The molecule has 0 rings (SSSR count). The Labute approximate surface area is 680 Å². The zero-order valence-electron chi connectivity index (χ0n) is 70.0. The second-order valence-corrected chi connectivity index (χ2v) is 31.2. The zero-order valence-corrected chi connectivity index (χ0v) is 71.8. The summed E-state index contributed by atoms with van der Waals surface area (Å²) in [6.45, 7) is 4.48. The van der Waals surface area contributed by atoms with Crippen LogP contribution in [0.4, 0.5) is 0 Å². The molecule has 19 heteroatoms. The molecule has 112 heavy (non-hydrogen) atoms. The number of esters is 4. The average molecular weight is 1610 g/mol. The third-order valence-corrected chi connectivity index (χ3v) is 19.6. The summed E-state index contributed by atoms with van der Waals surface area (Å²) in [4.78, 5) is 73.3. The van der Waals surface area contributed by atoms with Gasteiger partial charge in [-0.25, -0.2) is 9.13 Å². The second kappa shape index (κ2) is 83.4. The fourth-order valence-electron chi connectivity index (χ4n) is 11.2. The molecule has 0 aromatic carbocycles. The van der Waals surface area contributed by atoms with Crippen molar-refractivity contribution in [1.29, 1.82) is 0 Å². The Bertz CT molecular complexity index is 2790. The first-order chi connectivity index (χ1) is 54.7. The van der Waals surface area contributed by atoms with E-state index < -0.39 is 97.5 Å². The van der Waals surface area contributed by atoms with Crippen molar-refractivity contribution >= 4 is 39.5 Å². The third kappa shape index (κ3) is 82.4. The molecule has 0 aliphatic heterocycles. The summed E-state index contributed by atoms with van der Waals surface area (Å²) in [6.07, 6.45) is 100. The average Bonchev–Trinajstić information content (AvgIpc) is 0.898. The number of aliphatic hydroxyl groups is 1. The Morgan fingerprint density at radius 1 is 0.259 bits per heavy atom. The fourth-order valence-corrected chi connectivity index (χ4v) is 12.7. The number of phosphoric acid groups is 2. The Morgan fingerprint density at radius 2 is 0.464 bits per heavy atom. The van der Waals surface area contributed by atoms with Crippen LogP contribution in [0.25, 0.3) is 0 Å². The smallest absolute Gasteiger partial charge is 0.462 e. The van der Waals surface area contributed by atoms with E-state index in [-0.39, 0.29) is 25.7 Å². The van der Waals surface area contributed by atoms with E-state index in [1.165, 1.54) is 38.5 Å². The van der Waals surface area contributed by atoms with E-state index in [9.17, 15) is 43.2 Å². The van der Waals surface area contributed by atoms with Gasteiger partial charge in [-0.3, -0.25) is 37.3 Å². The largest absolute Gasteiger partial charge is 0.472 e. The summed E-state index contributed by atoms with van der Waals surface area (Å²) in [5, 5.41) is 10.7. The summed E-state index contributed by atoms with van der Waals surface area (Å²) in [5.41, 5.74) is 0. The van der Waals surface area contributed by atoms with Gasteiger partial charge in [0.15, 0.2) is 12.2 Å². The maximum atomic E-state index is 13.2. The number of carbonyl (C=O) groups excluding carboxylic acids is 4. The number of aliphatic hydroxyl groups excluding tert-OH is 1. The number of hydrogen-bond donors (Lipinski definition) is 3. The molecule has 0 radical (unpaired) electrons. The maximum absolute atomic E-state index is 13.2. The van der Waals surface area contributed by atoms with Crippen molar-refractivity contribution in [3.63, 3.8) is 0 Å². The predicted molar refractivity (Wildman–Crippen MR) is 463 cm³/mol. The lowest BCUT2D eigenvalue weighted by molar-refractivity contribution is -0.161. The molecule has 17 nitrogen and oxygen atoms in total. The van der Waals surface area contributed by atoms with Crippen LogP contribution in [0.1, 0.15) is 336 Å². The second-order valence-electron chi connectivity index (χ2n) is 28.3. The Morgan fingerprint density at radius 3 is 0.732 bits per heavy atom. The van der Waals surface area contributed by atoms with Crippen LogP contribution in [0.2, 0.25) is 0 Å². The molecule has 0 aromatic heterocycles. The summed E-state index contributed by atoms with van der Waals surface area (Å²) in [7, 11) is -10.0. The van der Waals surface area contributed by atoms with Crippen molar-refractivity contribution in [3.8, 4) is 0 Å². The molecule has 0 fully saturated rings. The number of carbonyl (C=O) groups is 4. The van der Waals surface area contributed by atoms with Crippen LogP contribution in [-0.2, 0) is 65.4 Å². The molecule has 0 aromatic rings. The maximum Gasteiger partial charge on any atom is 0.472 e. The summed E-state index contributed by atoms with van der Waals surface area (Å²) < 4.78 is 68.8. The minimum absolute atomic E-state index is 0.0689. The Hall–Kier alpha value is -5.58. The van der Waals surface area contributed by atoms with Gasteiger partial charge in [-0.05, 0) is 173 Å². The highest BCUT2D eigenvalue weighted by Crippen LogP contribution is 2.45. The number of hydrogen-bond acceptors (Lipinski definition) is 15. The highest BCUT2D eigenvalue weighted by Gasteiger charge is 2.30. The van der Waals surface area contributed by atoms with Crippen LogP contribution in [0, 0.1) is 0 Å². The normalized spacial score (nSPS) is 14.6. The number of rotatable bonds is 80. The molecule has 0 bridgehead atoms. The lowest BCUT2D eigenvalue weighted by atomic mass is 10.1. The van der Waals surface area contributed by atoms with Crippen molar-refractivity contribution in [2.75, 3.05) is 39.6 Å². The van der Waals surface area contributed by atoms with Gasteiger partial charge in [0.1, 0.15) is 19.3 Å². The Balaban J connectivity index is 5.46. The molecule has 0 amide bonds. The molecule has 0 saturated carbocycles. The van der Waals surface area contributed by atoms with Crippen LogP contribution in [0.15, 0.2) is 170 Å². The van der Waals surface area contributed by atoms with Crippen LogP contribution in [-0.4, -0.2) is 96.7 Å².